The molecule has 0 aliphatic heterocycles. The van der Waals surface area contributed by atoms with E-state index >= 15 is 0 Å². The fraction of sp³-hybridized carbons (Fsp3) is 0.333. The van der Waals surface area contributed by atoms with E-state index in [4.69, 9.17) is 5.73 Å². The number of nitrogens with two attached hydrogens (primary N) is 1. The van der Waals surface area contributed by atoms with Crippen molar-refractivity contribution >= 4 is 10.0 Å². The number of sulfonamides is 1. The summed E-state index contributed by atoms with van der Waals surface area (Å²) in [6.07, 6.45) is 2.31. The van der Waals surface area contributed by atoms with Crippen LogP contribution in [0.1, 0.15) is 11.4 Å². The molecule has 1 aromatic heterocycles. The highest BCUT2D eigenvalue weighted by atomic mass is 32.2. The van der Waals surface area contributed by atoms with Crippen molar-refractivity contribution in [3.8, 4) is 0 Å². The number of hydrogen-bond acceptors (Lipinski definition) is 6. The van der Waals surface area contributed by atoms with Crippen LogP contribution in [-0.2, 0) is 22.9 Å². The molecule has 8 heteroatoms. The third-order valence-electron chi connectivity index (χ3n) is 2.71. The van der Waals surface area contributed by atoms with Crippen LogP contribution in [0.15, 0.2) is 40.1 Å². The molecule has 0 fully saturated rings. The van der Waals surface area contributed by atoms with Crippen LogP contribution < -0.4 is 10.5 Å². The van der Waals surface area contributed by atoms with Gasteiger partial charge >= 0.3 is 0 Å². The predicted octanol–water partition coefficient (Wildman–Crippen LogP) is 0.0918. The number of hydrogen-bond donors (Lipinski definition) is 2. The van der Waals surface area contributed by atoms with Crippen molar-refractivity contribution in [1.29, 1.82) is 0 Å². The van der Waals surface area contributed by atoms with Crippen molar-refractivity contribution in [3.05, 3.63) is 42.0 Å². The third kappa shape index (κ3) is 3.86. The van der Waals surface area contributed by atoms with Gasteiger partial charge < -0.3 is 10.3 Å². The number of benzene rings is 1. The van der Waals surface area contributed by atoms with Gasteiger partial charge in [-0.1, -0.05) is 17.3 Å². The maximum atomic E-state index is 12.0. The molecule has 0 atom stereocenters. The van der Waals surface area contributed by atoms with Crippen LogP contribution in [0.4, 0.5) is 0 Å². The van der Waals surface area contributed by atoms with Gasteiger partial charge in [0, 0.05) is 13.0 Å². The lowest BCUT2D eigenvalue weighted by atomic mass is 10.2. The van der Waals surface area contributed by atoms with Gasteiger partial charge in [-0.25, -0.2) is 13.1 Å². The molecular weight excluding hydrogens is 280 g/mol. The quantitative estimate of drug-likeness (QED) is 0.749. The highest BCUT2D eigenvalue weighted by Gasteiger charge is 2.13. The van der Waals surface area contributed by atoms with E-state index in [1.807, 2.05) is 0 Å². The van der Waals surface area contributed by atoms with E-state index in [0.717, 1.165) is 12.0 Å². The van der Waals surface area contributed by atoms with Crippen molar-refractivity contribution in [3.63, 3.8) is 0 Å². The van der Waals surface area contributed by atoms with Crippen molar-refractivity contribution < 1.29 is 12.9 Å². The first-order valence-electron chi connectivity index (χ1n) is 6.16. The standard InChI is InChI=1S/C12H16N4O3S/c13-7-5-10-1-3-11(4-2-10)20(17,18)15-8-6-12-14-9-19-16-12/h1-4,9,15H,5-8,13H2. The molecular formula is C12H16N4O3S. The number of aromatic nitrogens is 2. The van der Waals surface area contributed by atoms with Gasteiger partial charge in [0.05, 0.1) is 4.90 Å². The van der Waals surface area contributed by atoms with E-state index in [2.05, 4.69) is 19.4 Å². The highest BCUT2D eigenvalue weighted by Crippen LogP contribution is 2.10. The second-order valence-electron chi connectivity index (χ2n) is 4.18. The molecule has 0 amide bonds. The average Bonchev–Trinajstić information content (AvgIpc) is 2.93. The molecule has 0 spiro atoms. The Kier molecular flexibility index (Phi) is 4.83. The van der Waals surface area contributed by atoms with Gasteiger partial charge in [0.15, 0.2) is 5.82 Å². The topological polar surface area (TPSA) is 111 Å². The van der Waals surface area contributed by atoms with E-state index < -0.39 is 10.0 Å². The smallest absolute Gasteiger partial charge is 0.240 e. The van der Waals surface area contributed by atoms with Crippen LogP contribution in [0.5, 0.6) is 0 Å². The van der Waals surface area contributed by atoms with Gasteiger partial charge in [0.25, 0.3) is 0 Å². The van der Waals surface area contributed by atoms with E-state index in [0.29, 0.717) is 18.8 Å². The predicted molar refractivity (Wildman–Crippen MR) is 72.4 cm³/mol. The normalized spacial score (nSPS) is 11.7. The van der Waals surface area contributed by atoms with Gasteiger partial charge in [0.2, 0.25) is 16.4 Å². The average molecular weight is 296 g/mol. The minimum Gasteiger partial charge on any atom is -0.343 e. The summed E-state index contributed by atoms with van der Waals surface area (Å²) < 4.78 is 31.1. The van der Waals surface area contributed by atoms with Gasteiger partial charge in [0.1, 0.15) is 0 Å². The summed E-state index contributed by atoms with van der Waals surface area (Å²) >= 11 is 0. The van der Waals surface area contributed by atoms with E-state index in [9.17, 15) is 8.42 Å². The molecule has 7 nitrogen and oxygen atoms in total. The minimum atomic E-state index is -3.51. The molecule has 20 heavy (non-hydrogen) atoms. The van der Waals surface area contributed by atoms with Crippen LogP contribution >= 0.6 is 0 Å². The zero-order chi connectivity index (χ0) is 14.4. The highest BCUT2D eigenvalue weighted by molar-refractivity contribution is 7.89. The molecule has 0 aliphatic rings. The van der Waals surface area contributed by atoms with Crippen LogP contribution in [0.2, 0.25) is 0 Å². The Bertz CT molecular complexity index is 623. The molecule has 1 aromatic carbocycles. The molecule has 0 unspecified atom stereocenters. The summed E-state index contributed by atoms with van der Waals surface area (Å²) in [5, 5.41) is 3.61. The number of nitrogens with one attached hydrogen (secondary N) is 1. The van der Waals surface area contributed by atoms with Crippen LogP contribution in [0.3, 0.4) is 0 Å². The first-order valence-corrected chi connectivity index (χ1v) is 7.64. The van der Waals surface area contributed by atoms with Crippen molar-refractivity contribution in [1.82, 2.24) is 14.9 Å². The lowest BCUT2D eigenvalue weighted by Crippen LogP contribution is -2.26. The Morgan fingerprint density at radius 1 is 1.20 bits per heavy atom. The Morgan fingerprint density at radius 2 is 1.95 bits per heavy atom. The summed E-state index contributed by atoms with van der Waals surface area (Å²) in [7, 11) is -3.51. The fourth-order valence-corrected chi connectivity index (χ4v) is 2.72. The third-order valence-corrected chi connectivity index (χ3v) is 4.19. The minimum absolute atomic E-state index is 0.215. The molecule has 3 N–H and O–H groups in total. The summed E-state index contributed by atoms with van der Waals surface area (Å²) in [6.45, 7) is 0.751. The molecule has 0 aliphatic carbocycles. The van der Waals surface area contributed by atoms with Crippen molar-refractivity contribution in [2.45, 2.75) is 17.7 Å². The summed E-state index contributed by atoms with van der Waals surface area (Å²) in [5.41, 5.74) is 6.46. The first-order chi connectivity index (χ1) is 9.62. The fourth-order valence-electron chi connectivity index (χ4n) is 1.69. The molecule has 0 bridgehead atoms. The maximum Gasteiger partial charge on any atom is 0.240 e. The molecule has 1 heterocycles. The lowest BCUT2D eigenvalue weighted by molar-refractivity contribution is 0.410. The second-order valence-corrected chi connectivity index (χ2v) is 5.94. The Labute approximate surface area is 117 Å². The van der Waals surface area contributed by atoms with Gasteiger partial charge in [-0.3, -0.25) is 0 Å². The molecule has 0 saturated heterocycles. The van der Waals surface area contributed by atoms with Crippen LogP contribution in [0, 0.1) is 0 Å². The van der Waals surface area contributed by atoms with Crippen molar-refractivity contribution in [2.24, 2.45) is 5.73 Å². The van der Waals surface area contributed by atoms with E-state index in [-0.39, 0.29) is 11.4 Å². The maximum absolute atomic E-state index is 12.0. The van der Waals surface area contributed by atoms with Crippen LogP contribution in [-0.4, -0.2) is 31.6 Å². The van der Waals surface area contributed by atoms with E-state index in [1.54, 1.807) is 24.3 Å². The summed E-state index contributed by atoms with van der Waals surface area (Å²) in [4.78, 5) is 4.04. The largest absolute Gasteiger partial charge is 0.343 e. The Morgan fingerprint density at radius 3 is 2.55 bits per heavy atom. The second kappa shape index (κ2) is 6.60. The summed E-state index contributed by atoms with van der Waals surface area (Å²) in [6, 6.07) is 6.67. The van der Waals surface area contributed by atoms with Crippen molar-refractivity contribution in [2.75, 3.05) is 13.1 Å². The first kappa shape index (κ1) is 14.6. The van der Waals surface area contributed by atoms with Crippen LogP contribution in [0.25, 0.3) is 0 Å². The zero-order valence-electron chi connectivity index (χ0n) is 10.8. The Hall–Kier alpha value is -1.77. The molecule has 0 saturated carbocycles. The Balaban J connectivity index is 1.95. The van der Waals surface area contributed by atoms with Gasteiger partial charge in [-0.2, -0.15) is 4.98 Å². The summed E-state index contributed by atoms with van der Waals surface area (Å²) in [5.74, 6) is 0.464. The molecule has 108 valence electrons. The lowest BCUT2D eigenvalue weighted by Gasteiger charge is -2.06. The number of nitrogens with zero attached hydrogens (tertiary/aromatic N) is 2. The monoisotopic (exact) mass is 296 g/mol. The molecule has 0 radical (unpaired) electrons. The molecule has 2 aromatic rings. The SMILES string of the molecule is NCCc1ccc(S(=O)(=O)NCCc2ncon2)cc1. The number of rotatable bonds is 7. The zero-order valence-corrected chi connectivity index (χ0v) is 11.6. The van der Waals surface area contributed by atoms with Gasteiger partial charge in [-0.05, 0) is 30.7 Å². The molecule has 2 rings (SSSR count). The van der Waals surface area contributed by atoms with E-state index in [1.165, 1.54) is 6.39 Å². The van der Waals surface area contributed by atoms with Gasteiger partial charge in [-0.15, -0.1) is 0 Å².